The molecular weight excluding hydrogens is 254 g/mol. The number of carboxylic acid groups (broad SMARTS) is 1. The number of rotatable bonds is 2. The highest BCUT2D eigenvalue weighted by Gasteiger charge is 2.29. The van der Waals surface area contributed by atoms with Crippen molar-refractivity contribution >= 4 is 11.8 Å². The average molecular weight is 275 g/mol. The minimum absolute atomic E-state index is 0.265. The first kappa shape index (κ1) is 13.3. The van der Waals surface area contributed by atoms with Crippen LogP contribution in [0.15, 0.2) is 0 Å². The summed E-state index contributed by atoms with van der Waals surface area (Å²) in [4.78, 5) is 22.6. The predicted molar refractivity (Wildman–Crippen MR) is 76.0 cm³/mol. The summed E-state index contributed by atoms with van der Waals surface area (Å²) in [6.45, 7) is 3.42. The highest BCUT2D eigenvalue weighted by Crippen LogP contribution is 2.30. The first-order valence-corrected chi connectivity index (χ1v) is 7.49. The maximum absolute atomic E-state index is 11.2. The fourth-order valence-electron chi connectivity index (χ4n) is 3.33. The van der Waals surface area contributed by atoms with Gasteiger partial charge in [-0.2, -0.15) is 0 Å². The number of hydrogen-bond acceptors (Lipinski definition) is 4. The highest BCUT2D eigenvalue weighted by atomic mass is 16.4. The molecule has 0 spiro atoms. The van der Waals surface area contributed by atoms with Crippen LogP contribution in [0.1, 0.15) is 42.8 Å². The monoisotopic (exact) mass is 275 g/mol. The van der Waals surface area contributed by atoms with Crippen LogP contribution >= 0.6 is 0 Å². The fourth-order valence-corrected chi connectivity index (χ4v) is 3.33. The molecule has 2 aliphatic rings. The molecule has 0 saturated carbocycles. The number of anilines is 1. The van der Waals surface area contributed by atoms with Crippen LogP contribution in [0.5, 0.6) is 0 Å². The van der Waals surface area contributed by atoms with E-state index in [0.29, 0.717) is 6.54 Å². The molecule has 108 valence electrons. The van der Waals surface area contributed by atoms with Crippen LogP contribution in [0.25, 0.3) is 0 Å². The van der Waals surface area contributed by atoms with Crippen molar-refractivity contribution in [2.75, 3.05) is 18.0 Å². The van der Waals surface area contributed by atoms with Crippen molar-refractivity contribution in [3.8, 4) is 0 Å². The van der Waals surface area contributed by atoms with Gasteiger partial charge in [-0.1, -0.05) is 0 Å². The summed E-state index contributed by atoms with van der Waals surface area (Å²) >= 11 is 0. The Kier molecular flexibility index (Phi) is 3.59. The van der Waals surface area contributed by atoms with Crippen molar-refractivity contribution in [1.29, 1.82) is 0 Å². The third-order valence-electron chi connectivity index (χ3n) is 4.34. The second-order valence-corrected chi connectivity index (χ2v) is 5.85. The molecule has 1 aromatic heterocycles. The van der Waals surface area contributed by atoms with Crippen LogP contribution in [-0.4, -0.2) is 34.1 Å². The fraction of sp³-hybridized carbons (Fsp3) is 0.667. The van der Waals surface area contributed by atoms with Gasteiger partial charge in [0.05, 0.1) is 5.92 Å². The number of aromatic nitrogens is 2. The van der Waals surface area contributed by atoms with Crippen molar-refractivity contribution in [2.24, 2.45) is 5.92 Å². The molecule has 1 saturated heterocycles. The largest absolute Gasteiger partial charge is 0.481 e. The van der Waals surface area contributed by atoms with E-state index in [-0.39, 0.29) is 5.92 Å². The van der Waals surface area contributed by atoms with Crippen LogP contribution in [-0.2, 0) is 17.6 Å². The molecular formula is C15H21N3O2. The van der Waals surface area contributed by atoms with Gasteiger partial charge in [-0.25, -0.2) is 9.97 Å². The third kappa shape index (κ3) is 2.49. The predicted octanol–water partition coefficient (Wildman–Crippen LogP) is 1.96. The number of carbonyl (C=O) groups is 1. The molecule has 1 fully saturated rings. The molecule has 5 nitrogen and oxygen atoms in total. The maximum atomic E-state index is 11.2. The summed E-state index contributed by atoms with van der Waals surface area (Å²) in [5, 5.41) is 9.24. The van der Waals surface area contributed by atoms with Gasteiger partial charge >= 0.3 is 5.97 Å². The molecule has 1 N–H and O–H groups in total. The lowest BCUT2D eigenvalue weighted by Gasteiger charge is -2.34. The lowest BCUT2D eigenvalue weighted by atomic mass is 9.94. The topological polar surface area (TPSA) is 66.3 Å². The normalized spacial score (nSPS) is 22.4. The van der Waals surface area contributed by atoms with Crippen molar-refractivity contribution in [3.63, 3.8) is 0 Å². The van der Waals surface area contributed by atoms with Crippen LogP contribution in [0, 0.1) is 12.8 Å². The van der Waals surface area contributed by atoms with Crippen LogP contribution in [0.4, 0.5) is 5.82 Å². The molecule has 1 atom stereocenters. The van der Waals surface area contributed by atoms with Gasteiger partial charge in [0.1, 0.15) is 11.6 Å². The number of carboxylic acids is 1. The zero-order chi connectivity index (χ0) is 14.1. The SMILES string of the molecule is Cc1nc2c(c(N3CCC[C@@H](C(=O)O)C3)n1)CCCC2. The average Bonchev–Trinajstić information content (AvgIpc) is 2.46. The van der Waals surface area contributed by atoms with Gasteiger partial charge in [-0.15, -0.1) is 0 Å². The Balaban J connectivity index is 1.93. The quantitative estimate of drug-likeness (QED) is 0.893. The molecule has 1 aliphatic heterocycles. The lowest BCUT2D eigenvalue weighted by Crippen LogP contribution is -2.40. The smallest absolute Gasteiger partial charge is 0.308 e. The van der Waals surface area contributed by atoms with E-state index in [1.165, 1.54) is 24.1 Å². The summed E-state index contributed by atoms with van der Waals surface area (Å²) in [7, 11) is 0. The van der Waals surface area contributed by atoms with Crippen LogP contribution in [0.3, 0.4) is 0 Å². The van der Waals surface area contributed by atoms with E-state index in [9.17, 15) is 9.90 Å². The number of hydrogen-bond donors (Lipinski definition) is 1. The molecule has 0 aromatic carbocycles. The van der Waals surface area contributed by atoms with Gasteiger partial charge in [-0.05, 0) is 45.4 Å². The maximum Gasteiger partial charge on any atom is 0.308 e. The Morgan fingerprint density at radius 2 is 2.05 bits per heavy atom. The first-order valence-electron chi connectivity index (χ1n) is 7.49. The van der Waals surface area contributed by atoms with Gasteiger partial charge in [0.15, 0.2) is 0 Å². The molecule has 3 rings (SSSR count). The third-order valence-corrected chi connectivity index (χ3v) is 4.34. The van der Waals surface area contributed by atoms with E-state index in [4.69, 9.17) is 0 Å². The summed E-state index contributed by atoms with van der Waals surface area (Å²) in [5.41, 5.74) is 2.43. The van der Waals surface area contributed by atoms with Gasteiger partial charge < -0.3 is 10.0 Å². The molecule has 2 heterocycles. The second-order valence-electron chi connectivity index (χ2n) is 5.85. The van der Waals surface area contributed by atoms with Crippen molar-refractivity contribution in [3.05, 3.63) is 17.1 Å². The summed E-state index contributed by atoms with van der Waals surface area (Å²) in [6, 6.07) is 0. The van der Waals surface area contributed by atoms with Crippen LogP contribution < -0.4 is 4.90 Å². The van der Waals surface area contributed by atoms with Gasteiger partial charge in [0, 0.05) is 24.3 Å². The van der Waals surface area contributed by atoms with E-state index in [1.54, 1.807) is 0 Å². The van der Waals surface area contributed by atoms with Crippen molar-refractivity contribution in [2.45, 2.75) is 45.4 Å². The molecule has 20 heavy (non-hydrogen) atoms. The van der Waals surface area contributed by atoms with E-state index in [2.05, 4.69) is 14.9 Å². The Morgan fingerprint density at radius 3 is 2.85 bits per heavy atom. The van der Waals surface area contributed by atoms with Crippen LogP contribution in [0.2, 0.25) is 0 Å². The van der Waals surface area contributed by atoms with E-state index < -0.39 is 5.97 Å². The number of fused-ring (bicyclic) bond motifs is 1. The highest BCUT2D eigenvalue weighted by molar-refractivity contribution is 5.71. The Labute approximate surface area is 119 Å². The Bertz CT molecular complexity index is 530. The Morgan fingerprint density at radius 1 is 1.25 bits per heavy atom. The first-order chi connectivity index (χ1) is 9.65. The summed E-state index contributed by atoms with van der Waals surface area (Å²) in [5.74, 6) is 0.851. The standard InChI is InChI=1S/C15H21N3O2/c1-10-16-13-7-3-2-6-12(13)14(17-10)18-8-4-5-11(9-18)15(19)20/h11H,2-9H2,1H3,(H,19,20)/t11-/m1/s1. The molecule has 1 aliphatic carbocycles. The summed E-state index contributed by atoms with van der Waals surface area (Å²) in [6.07, 6.45) is 6.14. The zero-order valence-electron chi connectivity index (χ0n) is 11.9. The van der Waals surface area contributed by atoms with Crippen molar-refractivity contribution in [1.82, 2.24) is 9.97 Å². The molecule has 0 amide bonds. The molecule has 1 aromatic rings. The minimum Gasteiger partial charge on any atom is -0.481 e. The number of piperidine rings is 1. The van der Waals surface area contributed by atoms with Gasteiger partial charge in [-0.3, -0.25) is 4.79 Å². The van der Waals surface area contributed by atoms with E-state index >= 15 is 0 Å². The summed E-state index contributed by atoms with van der Waals surface area (Å²) < 4.78 is 0. The van der Waals surface area contributed by atoms with E-state index in [0.717, 1.165) is 43.9 Å². The van der Waals surface area contributed by atoms with E-state index in [1.807, 2.05) is 6.92 Å². The number of nitrogens with zero attached hydrogens (tertiary/aromatic N) is 3. The molecule has 5 heteroatoms. The Hall–Kier alpha value is -1.65. The molecule has 0 bridgehead atoms. The van der Waals surface area contributed by atoms with Crippen molar-refractivity contribution < 1.29 is 9.90 Å². The number of aliphatic carboxylic acids is 1. The van der Waals surface area contributed by atoms with Gasteiger partial charge in [0.25, 0.3) is 0 Å². The zero-order valence-corrected chi connectivity index (χ0v) is 11.9. The number of aryl methyl sites for hydroxylation is 2. The molecule has 0 unspecified atom stereocenters. The minimum atomic E-state index is -0.686. The van der Waals surface area contributed by atoms with Gasteiger partial charge in [0.2, 0.25) is 0 Å². The second kappa shape index (κ2) is 5.38. The lowest BCUT2D eigenvalue weighted by molar-refractivity contribution is -0.141. The molecule has 0 radical (unpaired) electrons.